The van der Waals surface area contributed by atoms with Crippen molar-refractivity contribution in [3.63, 3.8) is 0 Å². The van der Waals surface area contributed by atoms with E-state index in [0.29, 0.717) is 11.4 Å². The standard InChI is InChI=1S/C18H14Cl2FN7O2/c19-11-2-1-3-12(20)15(11)28-25-14(16(22)29)17(26-28)24-13-5-4-9(6-23-13)18(30)27-7-10(21)8-27/h1-6,10H,7-8H2,(H2,22,29)(H,23,24,26). The van der Waals surface area contributed by atoms with Crippen LogP contribution in [-0.2, 0) is 0 Å². The number of hydrogen-bond acceptors (Lipinski definition) is 6. The average Bonchev–Trinajstić information content (AvgIpc) is 3.09. The third-order valence-corrected chi connectivity index (χ3v) is 4.98. The van der Waals surface area contributed by atoms with Crippen LogP contribution in [0.5, 0.6) is 0 Å². The van der Waals surface area contributed by atoms with Crippen LogP contribution >= 0.6 is 23.2 Å². The lowest BCUT2D eigenvalue weighted by Gasteiger charge is -2.34. The van der Waals surface area contributed by atoms with Crippen LogP contribution in [0.4, 0.5) is 16.0 Å². The number of benzene rings is 1. The van der Waals surface area contributed by atoms with Gasteiger partial charge in [0.2, 0.25) is 0 Å². The first kappa shape index (κ1) is 20.0. The molecule has 0 spiro atoms. The highest BCUT2D eigenvalue weighted by atomic mass is 35.5. The predicted octanol–water partition coefficient (Wildman–Crippen LogP) is 2.61. The molecule has 0 aliphatic carbocycles. The van der Waals surface area contributed by atoms with Crippen molar-refractivity contribution in [2.75, 3.05) is 18.4 Å². The third-order valence-electron chi connectivity index (χ3n) is 4.37. The Morgan fingerprint density at radius 1 is 1.13 bits per heavy atom. The normalized spacial score (nSPS) is 13.8. The summed E-state index contributed by atoms with van der Waals surface area (Å²) in [4.78, 5) is 30.6. The summed E-state index contributed by atoms with van der Waals surface area (Å²) in [6.45, 7) is 0.156. The molecule has 2 aromatic heterocycles. The van der Waals surface area contributed by atoms with Gasteiger partial charge >= 0.3 is 0 Å². The molecule has 0 unspecified atom stereocenters. The Morgan fingerprint density at radius 3 is 2.40 bits per heavy atom. The summed E-state index contributed by atoms with van der Waals surface area (Å²) < 4.78 is 12.9. The molecule has 0 bridgehead atoms. The lowest BCUT2D eigenvalue weighted by atomic mass is 10.1. The Kier molecular flexibility index (Phi) is 5.27. The Labute approximate surface area is 179 Å². The van der Waals surface area contributed by atoms with Gasteiger partial charge in [-0.15, -0.1) is 15.0 Å². The smallest absolute Gasteiger partial charge is 0.273 e. The van der Waals surface area contributed by atoms with Gasteiger partial charge in [0.05, 0.1) is 28.7 Å². The summed E-state index contributed by atoms with van der Waals surface area (Å²) in [6, 6.07) is 7.91. The fraction of sp³-hybridized carbons (Fsp3) is 0.167. The van der Waals surface area contributed by atoms with Gasteiger partial charge in [-0.05, 0) is 24.3 Å². The molecule has 3 heterocycles. The zero-order valence-electron chi connectivity index (χ0n) is 15.2. The second kappa shape index (κ2) is 7.88. The van der Waals surface area contributed by atoms with Gasteiger partial charge in [-0.2, -0.15) is 0 Å². The summed E-state index contributed by atoms with van der Waals surface area (Å²) in [5.74, 6) is -0.802. The Bertz CT molecular complexity index is 1110. The fourth-order valence-electron chi connectivity index (χ4n) is 2.83. The van der Waals surface area contributed by atoms with E-state index in [-0.39, 0.29) is 46.2 Å². The fourth-order valence-corrected chi connectivity index (χ4v) is 3.37. The first-order chi connectivity index (χ1) is 14.3. The molecule has 2 amide bonds. The van der Waals surface area contributed by atoms with Crippen LogP contribution in [0.3, 0.4) is 0 Å². The Morgan fingerprint density at radius 2 is 1.83 bits per heavy atom. The maximum Gasteiger partial charge on any atom is 0.273 e. The Balaban J connectivity index is 1.59. The summed E-state index contributed by atoms with van der Waals surface area (Å²) in [5, 5.41) is 11.7. The number of pyridine rings is 1. The number of likely N-dealkylation sites (tertiary alicyclic amines) is 1. The molecule has 0 radical (unpaired) electrons. The number of carbonyl (C=O) groups is 2. The predicted molar refractivity (Wildman–Crippen MR) is 108 cm³/mol. The van der Waals surface area contributed by atoms with E-state index in [2.05, 4.69) is 20.5 Å². The number of aromatic nitrogens is 4. The zero-order valence-corrected chi connectivity index (χ0v) is 16.7. The Hall–Kier alpha value is -3.24. The second-order valence-electron chi connectivity index (χ2n) is 6.49. The van der Waals surface area contributed by atoms with Gasteiger partial charge in [0.15, 0.2) is 11.5 Å². The van der Waals surface area contributed by atoms with E-state index in [4.69, 9.17) is 28.9 Å². The molecule has 3 aromatic rings. The zero-order chi connectivity index (χ0) is 21.4. The largest absolute Gasteiger partial charge is 0.364 e. The van der Waals surface area contributed by atoms with Crippen LogP contribution in [0.25, 0.3) is 5.69 Å². The number of anilines is 2. The first-order valence-electron chi connectivity index (χ1n) is 8.71. The van der Waals surface area contributed by atoms with Crippen LogP contribution in [0.15, 0.2) is 36.5 Å². The minimum absolute atomic E-state index is 0.0353. The van der Waals surface area contributed by atoms with Gasteiger partial charge in [-0.3, -0.25) is 9.59 Å². The van der Waals surface area contributed by atoms with Crippen molar-refractivity contribution in [3.05, 3.63) is 57.8 Å². The third kappa shape index (κ3) is 3.79. The molecule has 1 saturated heterocycles. The van der Waals surface area contributed by atoms with Crippen LogP contribution in [-0.4, -0.2) is 56.0 Å². The number of para-hydroxylation sites is 1. The summed E-state index contributed by atoms with van der Waals surface area (Å²) in [6.07, 6.45) is 0.361. The number of nitrogens with two attached hydrogens (primary N) is 1. The molecule has 12 heteroatoms. The van der Waals surface area contributed by atoms with Crippen LogP contribution < -0.4 is 11.1 Å². The number of nitrogens with one attached hydrogen (secondary N) is 1. The van der Waals surface area contributed by atoms with Gasteiger partial charge in [0.25, 0.3) is 11.8 Å². The molecular formula is C18H14Cl2FN7O2. The number of rotatable bonds is 5. The van der Waals surface area contributed by atoms with Crippen LogP contribution in [0.1, 0.15) is 20.8 Å². The van der Waals surface area contributed by atoms with Gasteiger partial charge in [0, 0.05) is 6.20 Å². The lowest BCUT2D eigenvalue weighted by Crippen LogP contribution is -2.51. The number of hydrogen-bond donors (Lipinski definition) is 2. The molecule has 0 saturated carbocycles. The second-order valence-corrected chi connectivity index (χ2v) is 7.30. The molecule has 4 rings (SSSR count). The molecule has 30 heavy (non-hydrogen) atoms. The molecule has 1 aliphatic heterocycles. The molecule has 1 aliphatic rings. The first-order valence-corrected chi connectivity index (χ1v) is 9.47. The average molecular weight is 450 g/mol. The van der Waals surface area contributed by atoms with Crippen molar-refractivity contribution in [1.29, 1.82) is 0 Å². The molecule has 0 atom stereocenters. The van der Waals surface area contributed by atoms with Crippen LogP contribution in [0, 0.1) is 0 Å². The number of alkyl halides is 1. The van der Waals surface area contributed by atoms with E-state index in [9.17, 15) is 14.0 Å². The van der Waals surface area contributed by atoms with Crippen molar-refractivity contribution >= 4 is 46.7 Å². The highest BCUT2D eigenvalue weighted by Gasteiger charge is 2.31. The molecule has 154 valence electrons. The molecule has 1 aromatic carbocycles. The molecule has 1 fully saturated rings. The van der Waals surface area contributed by atoms with Crippen LogP contribution in [0.2, 0.25) is 10.0 Å². The highest BCUT2D eigenvalue weighted by molar-refractivity contribution is 6.37. The van der Waals surface area contributed by atoms with Crippen molar-refractivity contribution in [2.45, 2.75) is 6.17 Å². The van der Waals surface area contributed by atoms with Gasteiger partial charge < -0.3 is 16.0 Å². The van der Waals surface area contributed by atoms with Gasteiger partial charge in [0.1, 0.15) is 17.7 Å². The van der Waals surface area contributed by atoms with E-state index in [0.717, 1.165) is 4.80 Å². The number of amides is 2. The summed E-state index contributed by atoms with van der Waals surface area (Å²) in [7, 11) is 0. The highest BCUT2D eigenvalue weighted by Crippen LogP contribution is 2.28. The quantitative estimate of drug-likeness (QED) is 0.617. The summed E-state index contributed by atoms with van der Waals surface area (Å²) in [5.41, 5.74) is 5.85. The van der Waals surface area contributed by atoms with E-state index in [1.54, 1.807) is 18.2 Å². The number of primary amides is 1. The van der Waals surface area contributed by atoms with Crippen molar-refractivity contribution < 1.29 is 14.0 Å². The molecule has 9 nitrogen and oxygen atoms in total. The monoisotopic (exact) mass is 449 g/mol. The van der Waals surface area contributed by atoms with E-state index < -0.39 is 12.1 Å². The van der Waals surface area contributed by atoms with E-state index in [1.807, 2.05) is 0 Å². The van der Waals surface area contributed by atoms with E-state index >= 15 is 0 Å². The molecular weight excluding hydrogens is 436 g/mol. The number of nitrogens with zero attached hydrogens (tertiary/aromatic N) is 5. The topological polar surface area (TPSA) is 119 Å². The maximum atomic E-state index is 12.9. The maximum absolute atomic E-state index is 12.9. The van der Waals surface area contributed by atoms with Crippen molar-refractivity contribution in [3.8, 4) is 5.69 Å². The number of halogens is 3. The van der Waals surface area contributed by atoms with Crippen molar-refractivity contribution in [1.82, 2.24) is 24.9 Å². The number of carbonyl (C=O) groups excluding carboxylic acids is 2. The minimum Gasteiger partial charge on any atom is -0.364 e. The molecule has 3 N–H and O–H groups in total. The SMILES string of the molecule is NC(=O)c1nn(-c2c(Cl)cccc2Cl)nc1Nc1ccc(C(=O)N2CC(F)C2)cn1. The van der Waals surface area contributed by atoms with Gasteiger partial charge in [-0.1, -0.05) is 29.3 Å². The van der Waals surface area contributed by atoms with Crippen molar-refractivity contribution in [2.24, 2.45) is 5.73 Å². The lowest BCUT2D eigenvalue weighted by molar-refractivity contribution is 0.0400. The summed E-state index contributed by atoms with van der Waals surface area (Å²) >= 11 is 12.3. The minimum atomic E-state index is -0.982. The van der Waals surface area contributed by atoms with E-state index in [1.165, 1.54) is 23.2 Å². The van der Waals surface area contributed by atoms with Gasteiger partial charge in [-0.25, -0.2) is 9.37 Å².